The maximum atomic E-state index is 13.0. The Morgan fingerprint density at radius 2 is 1.82 bits per heavy atom. The van der Waals surface area contributed by atoms with Crippen molar-refractivity contribution in [3.63, 3.8) is 0 Å². The van der Waals surface area contributed by atoms with E-state index in [2.05, 4.69) is 0 Å². The predicted octanol–water partition coefficient (Wildman–Crippen LogP) is 3.08. The van der Waals surface area contributed by atoms with Gasteiger partial charge < -0.3 is 24.4 Å². The van der Waals surface area contributed by atoms with Crippen molar-refractivity contribution in [1.82, 2.24) is 0 Å². The molecular formula is C22H26O6. The lowest BCUT2D eigenvalue weighted by Crippen LogP contribution is -2.37. The minimum absolute atomic E-state index is 0.0633. The van der Waals surface area contributed by atoms with Crippen LogP contribution in [0, 0.1) is 0 Å². The number of methoxy groups -OCH3 is 2. The van der Waals surface area contributed by atoms with Crippen LogP contribution in [0.25, 0.3) is 0 Å². The molecule has 0 unspecified atom stereocenters. The van der Waals surface area contributed by atoms with Crippen molar-refractivity contribution in [3.05, 3.63) is 53.1 Å². The van der Waals surface area contributed by atoms with Crippen LogP contribution < -0.4 is 14.2 Å². The molecule has 28 heavy (non-hydrogen) atoms. The van der Waals surface area contributed by atoms with E-state index < -0.39 is 17.8 Å². The molecule has 0 saturated heterocycles. The van der Waals surface area contributed by atoms with Crippen molar-refractivity contribution < 1.29 is 29.2 Å². The molecule has 0 aliphatic carbocycles. The summed E-state index contributed by atoms with van der Waals surface area (Å²) in [5, 5.41) is 20.6. The second kappa shape index (κ2) is 7.81. The SMILES string of the molecule is COc1cc(OC)c2c(c1C[C@H](O)C(C)(C)O)O[C@@H](c1ccccc1)CC2=O. The number of rotatable bonds is 6. The smallest absolute Gasteiger partial charge is 0.174 e. The quantitative estimate of drug-likeness (QED) is 0.794. The molecule has 0 saturated carbocycles. The molecule has 2 aromatic rings. The van der Waals surface area contributed by atoms with E-state index in [0.29, 0.717) is 28.4 Å². The number of hydrogen-bond donors (Lipinski definition) is 2. The van der Waals surface area contributed by atoms with Crippen LogP contribution in [0.1, 0.15) is 47.9 Å². The van der Waals surface area contributed by atoms with Gasteiger partial charge in [0.05, 0.1) is 32.3 Å². The summed E-state index contributed by atoms with van der Waals surface area (Å²) in [6, 6.07) is 11.1. The first kappa shape index (κ1) is 20.2. The van der Waals surface area contributed by atoms with E-state index in [9.17, 15) is 15.0 Å². The van der Waals surface area contributed by atoms with Gasteiger partial charge in [0.25, 0.3) is 0 Å². The van der Waals surface area contributed by atoms with Gasteiger partial charge in [-0.1, -0.05) is 30.3 Å². The fourth-order valence-electron chi connectivity index (χ4n) is 3.33. The average Bonchev–Trinajstić information content (AvgIpc) is 2.67. The van der Waals surface area contributed by atoms with Gasteiger partial charge in [-0.3, -0.25) is 4.79 Å². The second-order valence-electron chi connectivity index (χ2n) is 7.48. The predicted molar refractivity (Wildman–Crippen MR) is 104 cm³/mol. The molecule has 1 aliphatic heterocycles. The van der Waals surface area contributed by atoms with E-state index in [4.69, 9.17) is 14.2 Å². The molecule has 0 bridgehead atoms. The highest BCUT2D eigenvalue weighted by atomic mass is 16.5. The van der Waals surface area contributed by atoms with Gasteiger partial charge in [-0.2, -0.15) is 0 Å². The molecule has 0 radical (unpaired) electrons. The third-order valence-electron chi connectivity index (χ3n) is 5.04. The van der Waals surface area contributed by atoms with Crippen LogP contribution >= 0.6 is 0 Å². The molecule has 2 aromatic carbocycles. The second-order valence-corrected chi connectivity index (χ2v) is 7.48. The summed E-state index contributed by atoms with van der Waals surface area (Å²) < 4.78 is 17.1. The molecule has 1 aliphatic rings. The van der Waals surface area contributed by atoms with Crippen LogP contribution in [0.2, 0.25) is 0 Å². The summed E-state index contributed by atoms with van der Waals surface area (Å²) in [4.78, 5) is 13.0. The molecular weight excluding hydrogens is 360 g/mol. The summed E-state index contributed by atoms with van der Waals surface area (Å²) in [6.07, 6.45) is -1.27. The van der Waals surface area contributed by atoms with Gasteiger partial charge in [0.15, 0.2) is 5.78 Å². The number of fused-ring (bicyclic) bond motifs is 1. The molecule has 1 heterocycles. The summed E-state index contributed by atoms with van der Waals surface area (Å²) in [5.74, 6) is 1.03. The van der Waals surface area contributed by atoms with Crippen molar-refractivity contribution in [2.75, 3.05) is 14.2 Å². The molecule has 0 amide bonds. The Morgan fingerprint density at radius 1 is 1.18 bits per heavy atom. The molecule has 3 rings (SSSR count). The fourth-order valence-corrected chi connectivity index (χ4v) is 3.33. The van der Waals surface area contributed by atoms with E-state index in [1.54, 1.807) is 6.07 Å². The van der Waals surface area contributed by atoms with Gasteiger partial charge in [0.2, 0.25) is 0 Å². The van der Waals surface area contributed by atoms with Crippen molar-refractivity contribution in [3.8, 4) is 17.2 Å². The molecule has 2 atom stereocenters. The monoisotopic (exact) mass is 386 g/mol. The van der Waals surface area contributed by atoms with Gasteiger partial charge in [0.1, 0.15) is 28.9 Å². The fraction of sp³-hybridized carbons (Fsp3) is 0.409. The lowest BCUT2D eigenvalue weighted by Gasteiger charge is -2.31. The van der Waals surface area contributed by atoms with E-state index in [0.717, 1.165) is 5.56 Å². The Bertz CT molecular complexity index is 854. The zero-order valence-corrected chi connectivity index (χ0v) is 16.6. The van der Waals surface area contributed by atoms with Gasteiger partial charge in [0, 0.05) is 18.1 Å². The summed E-state index contributed by atoms with van der Waals surface area (Å²) in [7, 11) is 2.98. The minimum atomic E-state index is -1.32. The Balaban J connectivity index is 2.13. The largest absolute Gasteiger partial charge is 0.496 e. The normalized spacial score (nSPS) is 17.5. The number of aliphatic hydroxyl groups excluding tert-OH is 1. The van der Waals surface area contributed by atoms with Gasteiger partial charge >= 0.3 is 0 Å². The first-order chi connectivity index (χ1) is 13.3. The Hall–Kier alpha value is -2.57. The highest BCUT2D eigenvalue weighted by Gasteiger charge is 2.36. The Kier molecular flexibility index (Phi) is 5.63. The number of aliphatic hydroxyl groups is 2. The number of ketones is 1. The van der Waals surface area contributed by atoms with Crippen molar-refractivity contribution in [1.29, 1.82) is 0 Å². The highest BCUT2D eigenvalue weighted by molar-refractivity contribution is 6.03. The van der Waals surface area contributed by atoms with Crippen LogP contribution in [0.3, 0.4) is 0 Å². The lowest BCUT2D eigenvalue weighted by atomic mass is 9.89. The molecule has 150 valence electrons. The zero-order valence-electron chi connectivity index (χ0n) is 16.6. The lowest BCUT2D eigenvalue weighted by molar-refractivity contribution is -0.0474. The van der Waals surface area contributed by atoms with E-state index in [-0.39, 0.29) is 18.6 Å². The maximum absolute atomic E-state index is 13.0. The summed E-state index contributed by atoms with van der Waals surface area (Å²) >= 11 is 0. The molecule has 0 aromatic heterocycles. The Morgan fingerprint density at radius 3 is 2.39 bits per heavy atom. The maximum Gasteiger partial charge on any atom is 0.174 e. The molecule has 6 heteroatoms. The number of Topliss-reactive ketones (excluding diaryl/α,β-unsaturated/α-hetero) is 1. The first-order valence-electron chi connectivity index (χ1n) is 9.19. The van der Waals surface area contributed by atoms with Crippen LogP contribution in [-0.2, 0) is 6.42 Å². The van der Waals surface area contributed by atoms with Crippen molar-refractivity contribution in [2.24, 2.45) is 0 Å². The highest BCUT2D eigenvalue weighted by Crippen LogP contribution is 2.46. The van der Waals surface area contributed by atoms with Gasteiger partial charge in [-0.25, -0.2) is 0 Å². The number of carbonyl (C=O) groups excluding carboxylic acids is 1. The molecule has 6 nitrogen and oxygen atoms in total. The summed E-state index contributed by atoms with van der Waals surface area (Å²) in [6.45, 7) is 3.05. The third kappa shape index (κ3) is 3.84. The Labute approximate surface area is 164 Å². The van der Waals surface area contributed by atoms with E-state index in [1.807, 2.05) is 30.3 Å². The molecule has 0 spiro atoms. The average molecular weight is 386 g/mol. The number of carbonyl (C=O) groups is 1. The van der Waals surface area contributed by atoms with Crippen LogP contribution in [0.5, 0.6) is 17.2 Å². The van der Waals surface area contributed by atoms with Crippen molar-refractivity contribution >= 4 is 5.78 Å². The third-order valence-corrected chi connectivity index (χ3v) is 5.04. The zero-order chi connectivity index (χ0) is 20.5. The standard InChI is InChI=1S/C22H26O6/c1-22(2,25)19(24)10-14-17(26-3)12-18(27-4)20-15(23)11-16(28-21(14)20)13-8-6-5-7-9-13/h5-9,12,16,19,24-25H,10-11H2,1-4H3/t16-,19+/m1/s1. The topological polar surface area (TPSA) is 85.2 Å². The van der Waals surface area contributed by atoms with Crippen LogP contribution in [0.4, 0.5) is 0 Å². The number of benzene rings is 2. The van der Waals surface area contributed by atoms with E-state index >= 15 is 0 Å². The van der Waals surface area contributed by atoms with E-state index in [1.165, 1.54) is 28.1 Å². The number of hydrogen-bond acceptors (Lipinski definition) is 6. The van der Waals surface area contributed by atoms with Gasteiger partial charge in [-0.15, -0.1) is 0 Å². The number of ether oxygens (including phenoxy) is 3. The summed E-state index contributed by atoms with van der Waals surface area (Å²) in [5.41, 5.74) is 0.433. The first-order valence-corrected chi connectivity index (χ1v) is 9.19. The van der Waals surface area contributed by atoms with Gasteiger partial charge in [-0.05, 0) is 19.4 Å². The molecule has 2 N–H and O–H groups in total. The van der Waals surface area contributed by atoms with Crippen LogP contribution in [0.15, 0.2) is 36.4 Å². The minimum Gasteiger partial charge on any atom is -0.496 e. The van der Waals surface area contributed by atoms with Crippen LogP contribution in [-0.4, -0.2) is 41.9 Å². The molecule has 0 fully saturated rings. The van der Waals surface area contributed by atoms with Crippen molar-refractivity contribution in [2.45, 2.75) is 44.5 Å².